The Balaban J connectivity index is 1.74. The molecular weight excluding hydrogens is 582 g/mol. The Morgan fingerprint density at radius 1 is 1.14 bits per heavy atom. The molecule has 0 aliphatic heterocycles. The van der Waals surface area contributed by atoms with Crippen LogP contribution >= 0.6 is 11.6 Å². The van der Waals surface area contributed by atoms with Crippen molar-refractivity contribution >= 4 is 69.1 Å². The van der Waals surface area contributed by atoms with Gasteiger partial charge in [0.25, 0.3) is 11.3 Å². The Morgan fingerprint density at radius 2 is 1.88 bits per heavy atom. The van der Waals surface area contributed by atoms with Gasteiger partial charge >= 0.3 is 5.91 Å². The molecule has 3 atom stereocenters. The Bertz CT molecular complexity index is 1710. The first-order chi connectivity index (χ1) is 20.2. The number of methoxy groups -OCH3 is 1. The number of aromatic nitrogens is 2. The summed E-state index contributed by atoms with van der Waals surface area (Å²) in [7, 11) is 1.52. The van der Waals surface area contributed by atoms with Gasteiger partial charge in [0.1, 0.15) is 23.7 Å². The van der Waals surface area contributed by atoms with E-state index in [0.29, 0.717) is 27.5 Å². The van der Waals surface area contributed by atoms with E-state index in [1.807, 2.05) is 6.92 Å². The molecule has 0 spiro atoms. The number of para-hydroxylation sites is 2. The molecule has 12 nitrogen and oxygen atoms in total. The molecule has 42 heavy (non-hydrogen) atoms. The van der Waals surface area contributed by atoms with Gasteiger partial charge in [0.05, 0.1) is 40.1 Å². The van der Waals surface area contributed by atoms with Crippen molar-refractivity contribution in [2.45, 2.75) is 13.8 Å². The van der Waals surface area contributed by atoms with Crippen LogP contribution in [-0.4, -0.2) is 44.6 Å². The van der Waals surface area contributed by atoms with Gasteiger partial charge in [0.2, 0.25) is 10.0 Å². The zero-order valence-electron chi connectivity index (χ0n) is 22.8. The molecule has 0 radical (unpaired) electrons. The highest BCUT2D eigenvalue weighted by molar-refractivity contribution is 7.81. The fraction of sp³-hybridized carbons (Fsp3) is 0.214. The molecule has 3 unspecified atom stereocenters. The highest BCUT2D eigenvalue weighted by Crippen LogP contribution is 2.36. The number of amides is 1. The average Bonchev–Trinajstić information content (AvgIpc) is 3.00. The fourth-order valence-electron chi connectivity index (χ4n) is 3.72. The molecule has 14 heteroatoms. The van der Waals surface area contributed by atoms with E-state index in [1.165, 1.54) is 31.4 Å². The minimum atomic E-state index is -2.65. The van der Waals surface area contributed by atoms with E-state index < -0.39 is 17.2 Å². The Kier molecular flexibility index (Phi) is 10.0. The molecule has 0 saturated carbocycles. The van der Waals surface area contributed by atoms with Crippen molar-refractivity contribution in [1.82, 2.24) is 14.9 Å². The van der Waals surface area contributed by atoms with E-state index in [1.54, 1.807) is 49.4 Å². The predicted octanol–water partition coefficient (Wildman–Crippen LogP) is 5.89. The summed E-state index contributed by atoms with van der Waals surface area (Å²) in [5.41, 5.74) is 1.67. The number of halogens is 1. The summed E-state index contributed by atoms with van der Waals surface area (Å²) in [4.78, 5) is 36.5. The van der Waals surface area contributed by atoms with Crippen LogP contribution < -0.4 is 19.3 Å². The first kappa shape index (κ1) is 30.4. The molecule has 1 heterocycles. The van der Waals surface area contributed by atoms with Crippen molar-refractivity contribution < 1.29 is 23.1 Å². The van der Waals surface area contributed by atoms with Crippen molar-refractivity contribution in [3.8, 4) is 5.75 Å². The summed E-state index contributed by atoms with van der Waals surface area (Å²) in [6.45, 7) is 3.83. The van der Waals surface area contributed by atoms with E-state index in [9.17, 15) is 18.4 Å². The topological polar surface area (TPSA) is 161 Å². The first-order valence-corrected chi connectivity index (χ1v) is 14.1. The number of carbonyl (C=O) groups excluding carboxylic acids is 2. The monoisotopic (exact) mass is 608 g/mol. The molecule has 2 N–H and O–H groups in total. The minimum Gasteiger partial charge on any atom is -0.497 e. The Hall–Kier alpha value is -4.55. The number of ether oxygens (including phenoxy) is 1. The van der Waals surface area contributed by atoms with Crippen LogP contribution in [0.15, 0.2) is 77.0 Å². The van der Waals surface area contributed by atoms with Crippen LogP contribution in [0.4, 0.5) is 23.0 Å². The molecule has 3 aromatic carbocycles. The van der Waals surface area contributed by atoms with Crippen LogP contribution in [0.5, 0.6) is 5.75 Å². The van der Waals surface area contributed by atoms with E-state index in [2.05, 4.69) is 30.4 Å². The summed E-state index contributed by atoms with van der Waals surface area (Å²) >= 11 is 3.77. The summed E-state index contributed by atoms with van der Waals surface area (Å²) < 4.78 is 29.5. The lowest BCUT2D eigenvalue weighted by Crippen LogP contribution is -2.22. The van der Waals surface area contributed by atoms with Crippen LogP contribution in [0, 0.1) is 11.8 Å². The molecule has 4 aromatic rings. The van der Waals surface area contributed by atoms with Gasteiger partial charge in [-0.05, 0) is 48.4 Å². The van der Waals surface area contributed by atoms with Crippen LogP contribution in [0.2, 0.25) is 5.02 Å². The lowest BCUT2D eigenvalue weighted by atomic mass is 9.98. The number of hydrogen-bond acceptors (Lipinski definition) is 8. The maximum absolute atomic E-state index is 12.8. The summed E-state index contributed by atoms with van der Waals surface area (Å²) in [5.74, 6) is -0.343. The van der Waals surface area contributed by atoms with Gasteiger partial charge in [-0.25, -0.2) is 18.5 Å². The van der Waals surface area contributed by atoms with Crippen LogP contribution in [0.25, 0.3) is 11.0 Å². The zero-order chi connectivity index (χ0) is 30.2. The summed E-state index contributed by atoms with van der Waals surface area (Å²) in [5, 5.41) is 10.9. The third-order valence-corrected chi connectivity index (χ3v) is 7.36. The smallest absolute Gasteiger partial charge is 0.360 e. The number of hydrogen-bond donors (Lipinski definition) is 2. The standard InChI is InChI=1S/C28H26ClN7O5S/c1-17(18(2)16-37)15-30-35-34-28(38)19-7-6-8-20(13-19)36(42(39)40)27-26(31-23-9-4-5-10-24(23)33-27)32-25-14-21(41-3)11-12-22(25)29/h4-14,16-18H,15H2,1-3H3,(H-,31,32,39,40)/p+1. The van der Waals surface area contributed by atoms with E-state index in [0.717, 1.165) is 10.6 Å². The zero-order valence-corrected chi connectivity index (χ0v) is 24.4. The molecule has 1 amide bonds. The number of anilines is 4. The fourth-order valence-corrected chi connectivity index (χ4v) is 4.45. The van der Waals surface area contributed by atoms with Gasteiger partial charge in [-0.15, -0.1) is 0 Å². The number of nitrogens with one attached hydrogen (secondary N) is 1. The van der Waals surface area contributed by atoms with Gasteiger partial charge < -0.3 is 14.8 Å². The molecule has 0 bridgehead atoms. The van der Waals surface area contributed by atoms with Crippen molar-refractivity contribution in [3.05, 3.63) is 77.3 Å². The minimum absolute atomic E-state index is 0.00655. The second-order valence-corrected chi connectivity index (χ2v) is 10.5. The van der Waals surface area contributed by atoms with Crippen molar-refractivity contribution in [2.24, 2.45) is 22.1 Å². The van der Waals surface area contributed by atoms with E-state index in [4.69, 9.17) is 16.3 Å². The molecule has 4 rings (SSSR count). The summed E-state index contributed by atoms with van der Waals surface area (Å²) in [6.07, 6.45) is 0.830. The molecule has 0 saturated heterocycles. The first-order valence-electron chi connectivity index (χ1n) is 12.7. The van der Waals surface area contributed by atoms with Crippen LogP contribution in [0.3, 0.4) is 0 Å². The quantitative estimate of drug-likeness (QED) is 0.0921. The summed E-state index contributed by atoms with van der Waals surface area (Å²) in [6, 6.07) is 17.9. The van der Waals surface area contributed by atoms with Gasteiger partial charge in [-0.1, -0.05) is 43.6 Å². The van der Waals surface area contributed by atoms with Crippen molar-refractivity contribution in [1.29, 1.82) is 0 Å². The van der Waals surface area contributed by atoms with Gasteiger partial charge in [0.15, 0.2) is 11.6 Å². The van der Waals surface area contributed by atoms with Crippen LogP contribution in [0.1, 0.15) is 24.2 Å². The molecule has 0 fully saturated rings. The molecule has 0 aliphatic rings. The second-order valence-electron chi connectivity index (χ2n) is 9.22. The normalized spacial score (nSPS) is 12.9. The number of benzene rings is 3. The van der Waals surface area contributed by atoms with Gasteiger partial charge in [-0.3, -0.25) is 9.35 Å². The van der Waals surface area contributed by atoms with Gasteiger partial charge in [0, 0.05) is 12.0 Å². The SMILES string of the molecule is COc1ccc(Cl)c(Nc2nc3ccccc3nc2N(c2cccc(C(=O)N=[N+]=NCC(C)C(C)C=O)c2)S(=O)O)c1. The predicted molar refractivity (Wildman–Crippen MR) is 161 cm³/mol. The Labute approximate surface area is 248 Å². The maximum atomic E-state index is 12.8. The lowest BCUT2D eigenvalue weighted by molar-refractivity contribution is -0.111. The second kappa shape index (κ2) is 13.9. The van der Waals surface area contributed by atoms with E-state index in [-0.39, 0.29) is 41.3 Å². The number of nitrogens with zero attached hydrogens (tertiary/aromatic N) is 6. The maximum Gasteiger partial charge on any atom is 0.360 e. The highest BCUT2D eigenvalue weighted by atomic mass is 35.5. The molecule has 0 aliphatic carbocycles. The lowest BCUT2D eigenvalue weighted by Gasteiger charge is -2.22. The highest BCUT2D eigenvalue weighted by Gasteiger charge is 2.25. The number of aldehydes is 1. The third-order valence-electron chi connectivity index (χ3n) is 6.34. The molecular formula is C28H27ClN7O5S+. The van der Waals surface area contributed by atoms with Crippen molar-refractivity contribution in [2.75, 3.05) is 23.3 Å². The Morgan fingerprint density at radius 3 is 2.57 bits per heavy atom. The number of rotatable bonds is 11. The average molecular weight is 609 g/mol. The number of carbonyl (C=O) groups is 2. The van der Waals surface area contributed by atoms with Crippen LogP contribution in [-0.2, 0) is 16.1 Å². The van der Waals surface area contributed by atoms with E-state index >= 15 is 0 Å². The third kappa shape index (κ3) is 7.20. The number of fused-ring (bicyclic) bond motifs is 1. The van der Waals surface area contributed by atoms with Gasteiger partial charge in [-0.2, -0.15) is 0 Å². The largest absolute Gasteiger partial charge is 0.497 e. The van der Waals surface area contributed by atoms with Crippen molar-refractivity contribution in [3.63, 3.8) is 0 Å². The molecule has 1 aromatic heterocycles. The molecule has 216 valence electrons.